The summed E-state index contributed by atoms with van der Waals surface area (Å²) in [6, 6.07) is 0. The van der Waals surface area contributed by atoms with Crippen LogP contribution in [0.15, 0.2) is 0 Å². The number of carbonyl (C=O) groups is 1. The summed E-state index contributed by atoms with van der Waals surface area (Å²) in [5, 5.41) is 2.95. The van der Waals surface area contributed by atoms with E-state index in [2.05, 4.69) is 33.4 Å². The quantitative estimate of drug-likeness (QED) is 0.0673. The van der Waals surface area contributed by atoms with E-state index in [0.29, 0.717) is 13.0 Å². The summed E-state index contributed by atoms with van der Waals surface area (Å²) >= 11 is 0. The Labute approximate surface area is 228 Å². The summed E-state index contributed by atoms with van der Waals surface area (Å²) in [6.07, 6.45) is 18.3. The van der Waals surface area contributed by atoms with Gasteiger partial charge in [0.05, 0.1) is 47.4 Å². The number of nitrogens with one attached hydrogen (secondary N) is 1. The molecule has 0 aliphatic heterocycles. The molecule has 0 fully saturated rings. The molecular formula is C28H60N2O6P+. The molecule has 0 amide bonds. The smallest absolute Gasteiger partial charge is 0.379 e. The van der Waals surface area contributed by atoms with Crippen LogP contribution in [0.3, 0.4) is 0 Å². The summed E-state index contributed by atoms with van der Waals surface area (Å²) in [5.41, 5.74) is 0. The number of carbonyl (C=O) groups excluding carboxylic acids is 1. The van der Waals surface area contributed by atoms with Crippen LogP contribution in [0.2, 0.25) is 0 Å². The van der Waals surface area contributed by atoms with E-state index in [4.69, 9.17) is 13.8 Å². The van der Waals surface area contributed by atoms with Crippen molar-refractivity contribution in [3.8, 4) is 0 Å². The van der Waals surface area contributed by atoms with Crippen molar-refractivity contribution in [1.29, 1.82) is 0 Å². The maximum Gasteiger partial charge on any atom is 0.472 e. The average Bonchev–Trinajstić information content (AvgIpc) is 2.80. The van der Waals surface area contributed by atoms with Gasteiger partial charge in [-0.3, -0.25) is 13.8 Å². The van der Waals surface area contributed by atoms with Gasteiger partial charge in [0.1, 0.15) is 11.9 Å². The number of nitrogens with zero attached hydrogens (tertiary/aromatic N) is 1. The fourth-order valence-electron chi connectivity index (χ4n) is 4.09. The van der Waals surface area contributed by atoms with Crippen molar-refractivity contribution in [2.75, 3.05) is 60.6 Å². The molecule has 9 heteroatoms. The molecule has 8 nitrogen and oxygen atoms in total. The molecule has 0 aromatic heterocycles. The largest absolute Gasteiger partial charge is 0.472 e. The minimum Gasteiger partial charge on any atom is -0.379 e. The van der Waals surface area contributed by atoms with Gasteiger partial charge in [0, 0.05) is 19.6 Å². The second-order valence-electron chi connectivity index (χ2n) is 11.4. The van der Waals surface area contributed by atoms with Crippen LogP contribution in [0.1, 0.15) is 110 Å². The summed E-state index contributed by atoms with van der Waals surface area (Å²) in [5.74, 6) is -0.00851. The number of Topliss-reactive ketones (excluding diaryl/α,β-unsaturated/α-hetero) is 1. The molecule has 0 radical (unpaired) electrons. The summed E-state index contributed by atoms with van der Waals surface area (Å²) < 4.78 is 29.4. The standard InChI is InChI=1S/C28H59N2O6P/c1-6-7-8-9-10-11-12-13-14-15-16-17-18-19-22-34-26-28(25-29-24-27(2)31)36-37(32,33)35-23-20-21-30(3,4)5/h28-29H,6-26H2,1-5H3/p+1. The number of quaternary nitrogens is 1. The molecule has 2 N–H and O–H groups in total. The van der Waals surface area contributed by atoms with Crippen LogP contribution in [0.25, 0.3) is 0 Å². The van der Waals surface area contributed by atoms with Gasteiger partial charge in [0.2, 0.25) is 0 Å². The molecule has 0 aromatic rings. The van der Waals surface area contributed by atoms with Crippen molar-refractivity contribution in [3.63, 3.8) is 0 Å². The lowest BCUT2D eigenvalue weighted by Gasteiger charge is -2.24. The van der Waals surface area contributed by atoms with Gasteiger partial charge in [-0.1, -0.05) is 90.4 Å². The molecule has 0 bridgehead atoms. The molecule has 0 aliphatic carbocycles. The van der Waals surface area contributed by atoms with Gasteiger partial charge < -0.3 is 19.4 Å². The Morgan fingerprint density at radius 3 is 1.84 bits per heavy atom. The number of ketones is 1. The van der Waals surface area contributed by atoms with E-state index in [1.807, 2.05) is 0 Å². The van der Waals surface area contributed by atoms with E-state index >= 15 is 0 Å². The Hall–Kier alpha value is -0.340. The third kappa shape index (κ3) is 28.5. The highest BCUT2D eigenvalue weighted by molar-refractivity contribution is 7.47. The Kier molecular flexibility index (Phi) is 23.3. The van der Waals surface area contributed by atoms with Crippen LogP contribution in [0, 0.1) is 0 Å². The van der Waals surface area contributed by atoms with Crippen LogP contribution in [-0.2, 0) is 23.1 Å². The number of hydrogen-bond donors (Lipinski definition) is 2. The third-order valence-corrected chi connectivity index (χ3v) is 7.28. The van der Waals surface area contributed by atoms with E-state index in [0.717, 1.165) is 23.9 Å². The molecule has 0 rings (SSSR count). The van der Waals surface area contributed by atoms with Crippen molar-refractivity contribution >= 4 is 13.6 Å². The fraction of sp³-hybridized carbons (Fsp3) is 0.964. The Balaban J connectivity index is 3.95. The van der Waals surface area contributed by atoms with Crippen molar-refractivity contribution in [1.82, 2.24) is 5.32 Å². The van der Waals surface area contributed by atoms with Gasteiger partial charge in [-0.25, -0.2) is 4.57 Å². The van der Waals surface area contributed by atoms with E-state index in [-0.39, 0.29) is 32.1 Å². The molecular weight excluding hydrogens is 491 g/mol. The molecule has 0 heterocycles. The molecule has 2 atom stereocenters. The van der Waals surface area contributed by atoms with Gasteiger partial charge >= 0.3 is 7.82 Å². The first kappa shape index (κ1) is 36.7. The minimum atomic E-state index is -4.20. The predicted molar refractivity (Wildman–Crippen MR) is 153 cm³/mol. The van der Waals surface area contributed by atoms with Crippen molar-refractivity contribution in [3.05, 3.63) is 0 Å². The van der Waals surface area contributed by atoms with Crippen molar-refractivity contribution in [2.45, 2.75) is 116 Å². The number of hydrogen-bond acceptors (Lipinski definition) is 6. The normalized spacial score (nSPS) is 14.5. The second kappa shape index (κ2) is 23.5. The monoisotopic (exact) mass is 551 g/mol. The van der Waals surface area contributed by atoms with Gasteiger partial charge in [0.15, 0.2) is 0 Å². The highest BCUT2D eigenvalue weighted by atomic mass is 31.2. The zero-order chi connectivity index (χ0) is 27.8. The number of phosphoric ester groups is 1. The first-order chi connectivity index (χ1) is 17.6. The zero-order valence-electron chi connectivity index (χ0n) is 24.8. The topological polar surface area (TPSA) is 94.1 Å². The van der Waals surface area contributed by atoms with E-state index in [1.54, 1.807) is 0 Å². The number of unbranched alkanes of at least 4 members (excludes halogenated alkanes) is 13. The first-order valence-corrected chi connectivity index (χ1v) is 16.3. The van der Waals surface area contributed by atoms with Gasteiger partial charge in [-0.15, -0.1) is 0 Å². The maximum absolute atomic E-state index is 12.4. The van der Waals surface area contributed by atoms with Gasteiger partial charge in [-0.05, 0) is 13.3 Å². The predicted octanol–water partition coefficient (Wildman–Crippen LogP) is 6.26. The zero-order valence-corrected chi connectivity index (χ0v) is 25.7. The summed E-state index contributed by atoms with van der Waals surface area (Å²) in [7, 11) is 1.97. The van der Waals surface area contributed by atoms with Crippen molar-refractivity contribution in [2.24, 2.45) is 0 Å². The molecule has 0 saturated carbocycles. The maximum atomic E-state index is 12.4. The molecule has 2 unspecified atom stereocenters. The summed E-state index contributed by atoms with van der Waals surface area (Å²) in [4.78, 5) is 21.3. The van der Waals surface area contributed by atoms with Gasteiger partial charge in [-0.2, -0.15) is 0 Å². The second-order valence-corrected chi connectivity index (χ2v) is 12.8. The third-order valence-electron chi connectivity index (χ3n) is 6.20. The highest BCUT2D eigenvalue weighted by Gasteiger charge is 2.27. The summed E-state index contributed by atoms with van der Waals surface area (Å²) in [6.45, 7) is 5.91. The van der Waals surface area contributed by atoms with Gasteiger partial charge in [0.25, 0.3) is 0 Å². The van der Waals surface area contributed by atoms with Crippen LogP contribution >= 0.6 is 7.82 Å². The van der Waals surface area contributed by atoms with Crippen LogP contribution in [0.4, 0.5) is 0 Å². The Bertz CT molecular complexity index is 586. The first-order valence-electron chi connectivity index (χ1n) is 14.8. The van der Waals surface area contributed by atoms with E-state index < -0.39 is 13.9 Å². The number of ether oxygens (including phenoxy) is 1. The van der Waals surface area contributed by atoms with Crippen LogP contribution < -0.4 is 5.32 Å². The number of phosphoric acid groups is 1. The molecule has 0 aromatic carbocycles. The molecule has 37 heavy (non-hydrogen) atoms. The van der Waals surface area contributed by atoms with E-state index in [9.17, 15) is 14.3 Å². The van der Waals surface area contributed by atoms with Crippen molar-refractivity contribution < 1.29 is 32.5 Å². The molecule has 0 saturated heterocycles. The highest BCUT2D eigenvalue weighted by Crippen LogP contribution is 2.44. The number of rotatable bonds is 28. The fourth-order valence-corrected chi connectivity index (χ4v) is 5.02. The average molecular weight is 552 g/mol. The molecule has 222 valence electrons. The van der Waals surface area contributed by atoms with Crippen LogP contribution in [0.5, 0.6) is 0 Å². The minimum absolute atomic E-state index is 0.00851. The van der Waals surface area contributed by atoms with E-state index in [1.165, 1.54) is 84.0 Å². The Morgan fingerprint density at radius 1 is 0.838 bits per heavy atom. The lowest BCUT2D eigenvalue weighted by molar-refractivity contribution is -0.870. The molecule has 0 spiro atoms. The van der Waals surface area contributed by atoms with Crippen LogP contribution in [-0.4, -0.2) is 81.9 Å². The molecule has 0 aliphatic rings. The lowest BCUT2D eigenvalue weighted by Crippen LogP contribution is -2.36. The SMILES string of the molecule is CCCCCCCCCCCCCCCCOCC(CNCC(C)=O)OP(=O)(O)OCCC[N+](C)(C)C. The Morgan fingerprint density at radius 2 is 1.35 bits per heavy atom. The lowest BCUT2D eigenvalue weighted by atomic mass is 10.0.